The smallest absolute Gasteiger partial charge is 0.192 e. The third-order valence-corrected chi connectivity index (χ3v) is 4.61. The van der Waals surface area contributed by atoms with E-state index in [1.54, 1.807) is 18.2 Å². The molecule has 1 heterocycles. The number of allylic oxidation sites excluding steroid dienone is 2. The predicted molar refractivity (Wildman–Crippen MR) is 110 cm³/mol. The lowest BCUT2D eigenvalue weighted by Crippen LogP contribution is -2.30. The Morgan fingerprint density at radius 2 is 1.96 bits per heavy atom. The summed E-state index contributed by atoms with van der Waals surface area (Å²) in [5, 5.41) is 6.33. The number of halogens is 2. The van der Waals surface area contributed by atoms with E-state index in [0.29, 0.717) is 18.1 Å². The normalized spacial score (nSPS) is 20.5. The zero-order valence-electron chi connectivity index (χ0n) is 15.8. The molecule has 28 heavy (non-hydrogen) atoms. The van der Waals surface area contributed by atoms with E-state index in [1.165, 1.54) is 18.2 Å². The van der Waals surface area contributed by atoms with Gasteiger partial charge in [0, 0.05) is 11.1 Å². The summed E-state index contributed by atoms with van der Waals surface area (Å²) < 4.78 is 28.7. The first-order chi connectivity index (χ1) is 13.5. The van der Waals surface area contributed by atoms with E-state index in [0.717, 1.165) is 11.1 Å². The van der Waals surface area contributed by atoms with Gasteiger partial charge in [-0.3, -0.25) is 0 Å². The Kier molecular flexibility index (Phi) is 6.04. The van der Waals surface area contributed by atoms with Gasteiger partial charge in [0.15, 0.2) is 5.96 Å². The molecule has 3 rings (SSSR count). The van der Waals surface area contributed by atoms with Crippen LogP contribution in [0, 0.1) is 12.7 Å². The number of hydrogen-bond donors (Lipinski definition) is 2. The topological polar surface area (TPSA) is 36.4 Å². The highest BCUT2D eigenvalue weighted by atomic mass is 19.1. The van der Waals surface area contributed by atoms with Crippen LogP contribution in [-0.4, -0.2) is 12.0 Å². The largest absolute Gasteiger partial charge is 0.347 e. The van der Waals surface area contributed by atoms with Crippen LogP contribution < -0.4 is 10.6 Å². The molecule has 2 N–H and O–H groups in total. The number of guanidine groups is 1. The standard InChI is InChI=1S/C23H23F2N3/c1-4-8-19(24)16(3)21-22(18-11-5-6-12-20(18)25)28-23(27-21)26-14-17-10-7-9-15(2)13-17/h4-13,21-22H,1,3,14H2,2H3,(H2,26,27,28)/b19-8+/t21-,22+/m1/s1. The van der Waals surface area contributed by atoms with Gasteiger partial charge in [0.2, 0.25) is 0 Å². The molecular weight excluding hydrogens is 356 g/mol. The van der Waals surface area contributed by atoms with Crippen LogP contribution in [-0.2, 0) is 6.54 Å². The van der Waals surface area contributed by atoms with Crippen molar-refractivity contribution >= 4 is 5.96 Å². The molecule has 0 spiro atoms. The van der Waals surface area contributed by atoms with Crippen LogP contribution in [0.2, 0.25) is 0 Å². The van der Waals surface area contributed by atoms with Gasteiger partial charge in [-0.05, 0) is 24.6 Å². The molecule has 2 aromatic rings. The molecule has 1 saturated heterocycles. The fourth-order valence-electron chi connectivity index (χ4n) is 3.21. The lowest BCUT2D eigenvalue weighted by atomic mass is 9.94. The molecule has 0 bridgehead atoms. The zero-order valence-corrected chi connectivity index (χ0v) is 15.8. The van der Waals surface area contributed by atoms with E-state index in [2.05, 4.69) is 34.9 Å². The van der Waals surface area contributed by atoms with E-state index in [4.69, 9.17) is 0 Å². The van der Waals surface area contributed by atoms with Gasteiger partial charge in [-0.1, -0.05) is 67.3 Å². The van der Waals surface area contributed by atoms with Crippen LogP contribution in [0.5, 0.6) is 0 Å². The quantitative estimate of drug-likeness (QED) is 0.701. The number of nitrogens with zero attached hydrogens (tertiary/aromatic N) is 1. The molecule has 2 atom stereocenters. The van der Waals surface area contributed by atoms with Crippen molar-refractivity contribution in [3.8, 4) is 0 Å². The van der Waals surface area contributed by atoms with Gasteiger partial charge in [-0.25, -0.2) is 13.8 Å². The third-order valence-electron chi connectivity index (χ3n) is 4.61. The van der Waals surface area contributed by atoms with E-state index in [-0.39, 0.29) is 11.4 Å². The maximum absolute atomic E-state index is 14.4. The van der Waals surface area contributed by atoms with Crippen molar-refractivity contribution in [1.29, 1.82) is 0 Å². The molecule has 0 saturated carbocycles. The molecule has 0 amide bonds. The van der Waals surface area contributed by atoms with Crippen molar-refractivity contribution in [3.05, 3.63) is 108 Å². The van der Waals surface area contributed by atoms with Gasteiger partial charge in [-0.2, -0.15) is 0 Å². The van der Waals surface area contributed by atoms with Gasteiger partial charge in [0.1, 0.15) is 11.6 Å². The van der Waals surface area contributed by atoms with Crippen LogP contribution in [0.4, 0.5) is 8.78 Å². The lowest BCUT2D eigenvalue weighted by molar-refractivity contribution is 0.520. The van der Waals surface area contributed by atoms with Gasteiger partial charge >= 0.3 is 0 Å². The molecule has 0 aliphatic carbocycles. The number of benzene rings is 2. The Morgan fingerprint density at radius 3 is 2.68 bits per heavy atom. The molecule has 2 aromatic carbocycles. The Balaban J connectivity index is 1.89. The minimum atomic E-state index is -0.579. The summed E-state index contributed by atoms with van der Waals surface area (Å²) >= 11 is 0. The van der Waals surface area contributed by atoms with Gasteiger partial charge in [0.25, 0.3) is 0 Å². The summed E-state index contributed by atoms with van der Waals surface area (Å²) in [7, 11) is 0. The fraction of sp³-hybridized carbons (Fsp3) is 0.174. The maximum Gasteiger partial charge on any atom is 0.192 e. The summed E-state index contributed by atoms with van der Waals surface area (Å²) in [6.45, 7) is 9.83. The van der Waals surface area contributed by atoms with Gasteiger partial charge in [-0.15, -0.1) is 0 Å². The molecule has 5 heteroatoms. The molecule has 144 valence electrons. The highest BCUT2D eigenvalue weighted by Gasteiger charge is 2.36. The number of hydrogen-bond acceptors (Lipinski definition) is 1. The van der Waals surface area contributed by atoms with Crippen molar-refractivity contribution in [2.75, 3.05) is 0 Å². The second-order valence-corrected chi connectivity index (χ2v) is 6.69. The van der Waals surface area contributed by atoms with Crippen LogP contribution in [0.1, 0.15) is 22.7 Å². The summed E-state index contributed by atoms with van der Waals surface area (Å²) in [6, 6.07) is 13.3. The predicted octanol–water partition coefficient (Wildman–Crippen LogP) is 4.89. The minimum absolute atomic E-state index is 0.210. The second-order valence-electron chi connectivity index (χ2n) is 6.69. The van der Waals surface area contributed by atoms with Crippen LogP contribution in [0.25, 0.3) is 0 Å². The first-order valence-corrected chi connectivity index (χ1v) is 9.04. The molecule has 0 radical (unpaired) electrons. The summed E-state index contributed by atoms with van der Waals surface area (Å²) in [5.41, 5.74) is 2.84. The van der Waals surface area contributed by atoms with Crippen LogP contribution in [0.15, 0.2) is 90.2 Å². The average Bonchev–Trinajstić information content (AvgIpc) is 3.10. The lowest BCUT2D eigenvalue weighted by Gasteiger charge is -2.20. The highest BCUT2D eigenvalue weighted by Crippen LogP contribution is 2.30. The monoisotopic (exact) mass is 379 g/mol. The van der Waals surface area contributed by atoms with Crippen molar-refractivity contribution in [1.82, 2.24) is 10.6 Å². The molecule has 1 fully saturated rings. The fourth-order valence-corrected chi connectivity index (χ4v) is 3.21. The molecule has 1 aliphatic heterocycles. The number of rotatable bonds is 6. The van der Waals surface area contributed by atoms with E-state index < -0.39 is 17.9 Å². The van der Waals surface area contributed by atoms with E-state index in [9.17, 15) is 8.78 Å². The Hall–Kier alpha value is -3.21. The first-order valence-electron chi connectivity index (χ1n) is 9.04. The van der Waals surface area contributed by atoms with Gasteiger partial charge < -0.3 is 10.6 Å². The van der Waals surface area contributed by atoms with Crippen LogP contribution >= 0.6 is 0 Å². The van der Waals surface area contributed by atoms with E-state index >= 15 is 0 Å². The minimum Gasteiger partial charge on any atom is -0.347 e. The molecule has 0 unspecified atom stereocenters. The molecule has 3 nitrogen and oxygen atoms in total. The highest BCUT2D eigenvalue weighted by molar-refractivity contribution is 5.84. The maximum atomic E-state index is 14.4. The number of aryl methyl sites for hydroxylation is 1. The van der Waals surface area contributed by atoms with Gasteiger partial charge in [0.05, 0.1) is 18.6 Å². The van der Waals surface area contributed by atoms with E-state index in [1.807, 2.05) is 25.1 Å². The van der Waals surface area contributed by atoms with Crippen LogP contribution in [0.3, 0.4) is 0 Å². The summed E-state index contributed by atoms with van der Waals surface area (Å²) in [4.78, 5) is 4.55. The zero-order chi connectivity index (χ0) is 20.1. The summed E-state index contributed by atoms with van der Waals surface area (Å²) in [6.07, 6.45) is 2.60. The average molecular weight is 379 g/mol. The second kappa shape index (κ2) is 8.65. The SMILES string of the molecule is C=C/C=C(/F)C(=C)[C@H]1NC(=NCc2cccc(C)c2)N[C@H]1c1ccccc1F. The Morgan fingerprint density at radius 1 is 1.18 bits per heavy atom. The Labute approximate surface area is 164 Å². The van der Waals surface area contributed by atoms with Crippen molar-refractivity contribution < 1.29 is 8.78 Å². The van der Waals surface area contributed by atoms with Crippen molar-refractivity contribution in [2.24, 2.45) is 4.99 Å². The number of nitrogens with one attached hydrogen (secondary N) is 2. The van der Waals surface area contributed by atoms with Crippen molar-refractivity contribution in [3.63, 3.8) is 0 Å². The first kappa shape index (κ1) is 19.5. The molecule has 0 aromatic heterocycles. The molecule has 1 aliphatic rings. The molecular formula is C23H23F2N3. The number of aliphatic imine (C=N–C) groups is 1. The Bertz CT molecular complexity index is 946. The third kappa shape index (κ3) is 4.36. The summed E-state index contributed by atoms with van der Waals surface area (Å²) in [5.74, 6) is -0.393. The van der Waals surface area contributed by atoms with Crippen molar-refractivity contribution in [2.45, 2.75) is 25.6 Å².